The van der Waals surface area contributed by atoms with E-state index in [0.29, 0.717) is 15.5 Å². The number of nitriles is 1. The lowest BCUT2D eigenvalue weighted by atomic mass is 10.2. The highest BCUT2D eigenvalue weighted by molar-refractivity contribution is 7.71. The number of fused-ring (bicyclic) bond motifs is 1. The maximum absolute atomic E-state index is 13.4. The summed E-state index contributed by atoms with van der Waals surface area (Å²) in [4.78, 5) is 3.05. The van der Waals surface area contributed by atoms with Gasteiger partial charge in [-0.1, -0.05) is 11.6 Å². The van der Waals surface area contributed by atoms with Crippen molar-refractivity contribution in [1.82, 2.24) is 9.55 Å². The highest BCUT2D eigenvalue weighted by Gasteiger charge is 2.09. The molecule has 0 aliphatic rings. The van der Waals surface area contributed by atoms with Gasteiger partial charge in [0, 0.05) is 10.7 Å². The minimum atomic E-state index is -0.555. The fraction of sp³-hybridized carbons (Fsp3) is 0. The molecule has 0 atom stereocenters. The zero-order valence-electron chi connectivity index (χ0n) is 10.0. The molecule has 0 saturated carbocycles. The van der Waals surface area contributed by atoms with Crippen LogP contribution in [0.3, 0.4) is 0 Å². The smallest absolute Gasteiger partial charge is 0.182 e. The number of halogens is 2. The summed E-state index contributed by atoms with van der Waals surface area (Å²) in [6.45, 7) is 0. The maximum Gasteiger partial charge on any atom is 0.182 e. The van der Waals surface area contributed by atoms with Crippen molar-refractivity contribution in [2.24, 2.45) is 0 Å². The fourth-order valence-electron chi connectivity index (χ4n) is 2.07. The first-order valence-corrected chi connectivity index (χ1v) is 6.49. The quantitative estimate of drug-likeness (QED) is 0.679. The third-order valence-corrected chi connectivity index (χ3v) is 3.49. The molecule has 2 aromatic carbocycles. The van der Waals surface area contributed by atoms with E-state index in [0.717, 1.165) is 11.0 Å². The van der Waals surface area contributed by atoms with Gasteiger partial charge in [-0.05, 0) is 48.6 Å². The molecule has 1 heterocycles. The van der Waals surface area contributed by atoms with Crippen LogP contribution in [-0.4, -0.2) is 9.55 Å². The summed E-state index contributed by atoms with van der Waals surface area (Å²) in [5.74, 6) is -0.555. The van der Waals surface area contributed by atoms with Crippen molar-refractivity contribution < 1.29 is 4.39 Å². The second-order valence-corrected chi connectivity index (χ2v) is 5.03. The summed E-state index contributed by atoms with van der Waals surface area (Å²) in [6, 6.07) is 11.4. The van der Waals surface area contributed by atoms with E-state index in [-0.39, 0.29) is 5.56 Å². The van der Waals surface area contributed by atoms with Gasteiger partial charge >= 0.3 is 0 Å². The number of aromatic nitrogens is 2. The van der Waals surface area contributed by atoms with Gasteiger partial charge in [0.1, 0.15) is 11.9 Å². The van der Waals surface area contributed by atoms with Crippen LogP contribution in [0, 0.1) is 21.9 Å². The van der Waals surface area contributed by atoms with E-state index in [9.17, 15) is 4.39 Å². The van der Waals surface area contributed by atoms with Crippen LogP contribution in [0.4, 0.5) is 4.39 Å². The Morgan fingerprint density at radius 3 is 2.80 bits per heavy atom. The number of aromatic amines is 1. The third-order valence-electron chi connectivity index (χ3n) is 2.97. The molecule has 20 heavy (non-hydrogen) atoms. The van der Waals surface area contributed by atoms with Crippen molar-refractivity contribution in [3.63, 3.8) is 0 Å². The number of H-pyrrole nitrogens is 1. The van der Waals surface area contributed by atoms with E-state index in [2.05, 4.69) is 4.98 Å². The summed E-state index contributed by atoms with van der Waals surface area (Å²) in [5, 5.41) is 9.48. The topological polar surface area (TPSA) is 44.5 Å². The van der Waals surface area contributed by atoms with E-state index in [1.165, 1.54) is 12.1 Å². The van der Waals surface area contributed by atoms with Crippen molar-refractivity contribution in [1.29, 1.82) is 5.26 Å². The van der Waals surface area contributed by atoms with Gasteiger partial charge in [0.15, 0.2) is 4.77 Å². The van der Waals surface area contributed by atoms with E-state index < -0.39 is 5.82 Å². The monoisotopic (exact) mass is 303 g/mol. The minimum Gasteiger partial charge on any atom is -0.330 e. The second kappa shape index (κ2) is 4.75. The van der Waals surface area contributed by atoms with Crippen LogP contribution in [0.1, 0.15) is 5.56 Å². The van der Waals surface area contributed by atoms with Crippen molar-refractivity contribution in [3.05, 3.63) is 57.6 Å². The van der Waals surface area contributed by atoms with Crippen LogP contribution < -0.4 is 0 Å². The zero-order chi connectivity index (χ0) is 14.3. The number of nitrogens with one attached hydrogen (secondary N) is 1. The van der Waals surface area contributed by atoms with E-state index >= 15 is 0 Å². The molecule has 0 amide bonds. The molecule has 1 N–H and O–H groups in total. The fourth-order valence-corrected chi connectivity index (χ4v) is 2.55. The Kier molecular flexibility index (Phi) is 3.05. The number of hydrogen-bond acceptors (Lipinski definition) is 2. The Hall–Kier alpha value is -2.16. The summed E-state index contributed by atoms with van der Waals surface area (Å²) in [6.07, 6.45) is 0. The number of hydrogen-bond donors (Lipinski definition) is 1. The molecular formula is C14H7ClFN3S. The normalized spacial score (nSPS) is 10.7. The molecule has 1 aromatic heterocycles. The highest BCUT2D eigenvalue weighted by Crippen LogP contribution is 2.24. The average molecular weight is 304 g/mol. The van der Waals surface area contributed by atoms with Gasteiger partial charge < -0.3 is 4.98 Å². The number of imidazole rings is 1. The first-order chi connectivity index (χ1) is 9.60. The van der Waals surface area contributed by atoms with Crippen LogP contribution in [0.15, 0.2) is 36.4 Å². The van der Waals surface area contributed by atoms with Crippen LogP contribution in [-0.2, 0) is 0 Å². The molecule has 0 fully saturated rings. The number of rotatable bonds is 1. The zero-order valence-corrected chi connectivity index (χ0v) is 11.6. The summed E-state index contributed by atoms with van der Waals surface area (Å²) >= 11 is 11.3. The Morgan fingerprint density at radius 1 is 1.25 bits per heavy atom. The van der Waals surface area contributed by atoms with Crippen LogP contribution in [0.5, 0.6) is 0 Å². The Bertz CT molecular complexity index is 920. The van der Waals surface area contributed by atoms with Gasteiger partial charge in [-0.25, -0.2) is 4.39 Å². The Balaban J connectivity index is 2.35. The lowest BCUT2D eigenvalue weighted by Gasteiger charge is -2.05. The summed E-state index contributed by atoms with van der Waals surface area (Å²) in [5.41, 5.74) is 2.18. The van der Waals surface area contributed by atoms with Crippen molar-refractivity contribution in [2.75, 3.05) is 0 Å². The van der Waals surface area contributed by atoms with Crippen LogP contribution >= 0.6 is 23.8 Å². The molecule has 6 heteroatoms. The van der Waals surface area contributed by atoms with Gasteiger partial charge in [0.25, 0.3) is 0 Å². The lowest BCUT2D eigenvalue weighted by Crippen LogP contribution is -1.96. The molecule has 0 spiro atoms. The maximum atomic E-state index is 13.4. The third kappa shape index (κ3) is 1.99. The van der Waals surface area contributed by atoms with Gasteiger partial charge in [-0.15, -0.1) is 0 Å². The van der Waals surface area contributed by atoms with Gasteiger partial charge in [-0.2, -0.15) is 5.26 Å². The largest absolute Gasteiger partial charge is 0.330 e. The lowest BCUT2D eigenvalue weighted by molar-refractivity contribution is 0.623. The van der Waals surface area contributed by atoms with Crippen molar-refractivity contribution in [3.8, 4) is 11.8 Å². The second-order valence-electron chi connectivity index (χ2n) is 4.20. The molecule has 0 aliphatic carbocycles. The molecule has 0 unspecified atom stereocenters. The molecule has 0 aliphatic heterocycles. The highest BCUT2D eigenvalue weighted by atomic mass is 35.5. The van der Waals surface area contributed by atoms with Crippen LogP contribution in [0.2, 0.25) is 5.02 Å². The van der Waals surface area contributed by atoms with E-state index in [1.807, 2.05) is 12.1 Å². The number of benzene rings is 2. The van der Waals surface area contributed by atoms with Crippen molar-refractivity contribution in [2.45, 2.75) is 0 Å². The molecule has 3 aromatic rings. The molecule has 0 radical (unpaired) electrons. The summed E-state index contributed by atoms with van der Waals surface area (Å²) in [7, 11) is 0. The molecule has 3 rings (SSSR count). The first-order valence-electron chi connectivity index (χ1n) is 5.70. The number of nitrogens with zero attached hydrogens (tertiary/aromatic N) is 2. The summed E-state index contributed by atoms with van der Waals surface area (Å²) < 4.78 is 15.6. The average Bonchev–Trinajstić information content (AvgIpc) is 2.75. The van der Waals surface area contributed by atoms with E-state index in [4.69, 9.17) is 29.1 Å². The predicted octanol–water partition coefficient (Wildman–Crippen LogP) is 4.35. The first kappa shape index (κ1) is 12.9. The standard InChI is InChI=1S/C14H7ClFN3S/c15-9-1-4-12-13(6-9)19(14(20)18-12)10-2-3-11(16)8(5-10)7-17/h1-6H,(H,18,20). The van der Waals surface area contributed by atoms with Crippen molar-refractivity contribution >= 4 is 34.9 Å². The van der Waals surface area contributed by atoms with Gasteiger partial charge in [0.05, 0.1) is 16.6 Å². The van der Waals surface area contributed by atoms with Crippen LogP contribution in [0.25, 0.3) is 16.7 Å². The predicted molar refractivity (Wildman–Crippen MR) is 78.1 cm³/mol. The minimum absolute atomic E-state index is 0.0271. The molecule has 3 nitrogen and oxygen atoms in total. The SMILES string of the molecule is N#Cc1cc(-n2c(=S)[nH]c3ccc(Cl)cc32)ccc1F. The Labute approximate surface area is 123 Å². The van der Waals surface area contributed by atoms with Gasteiger partial charge in [-0.3, -0.25) is 4.57 Å². The Morgan fingerprint density at radius 2 is 2.05 bits per heavy atom. The van der Waals surface area contributed by atoms with Gasteiger partial charge in [0.2, 0.25) is 0 Å². The molecule has 0 bridgehead atoms. The van der Waals surface area contributed by atoms with E-state index in [1.54, 1.807) is 22.8 Å². The molecule has 98 valence electrons. The molecule has 0 saturated heterocycles. The molecular weight excluding hydrogens is 297 g/mol.